The van der Waals surface area contributed by atoms with Gasteiger partial charge in [-0.25, -0.2) is 4.98 Å². The highest BCUT2D eigenvalue weighted by Crippen LogP contribution is 2.39. The molecule has 1 aliphatic carbocycles. The number of rotatable bonds is 1. The lowest BCUT2D eigenvalue weighted by Gasteiger charge is -2.21. The molecule has 0 amide bonds. The van der Waals surface area contributed by atoms with Crippen LogP contribution in [0.25, 0.3) is 0 Å². The molecule has 0 spiro atoms. The third kappa shape index (κ3) is 1.67. The summed E-state index contributed by atoms with van der Waals surface area (Å²) in [6.07, 6.45) is 4.16. The molecule has 2 heterocycles. The summed E-state index contributed by atoms with van der Waals surface area (Å²) in [5.41, 5.74) is 7.87. The van der Waals surface area contributed by atoms with Crippen LogP contribution in [0.4, 0.5) is 5.82 Å². The van der Waals surface area contributed by atoms with Crippen LogP contribution in [-0.2, 0) is 0 Å². The second-order valence-corrected chi connectivity index (χ2v) is 5.51. The van der Waals surface area contributed by atoms with Crippen molar-refractivity contribution in [1.29, 1.82) is 5.26 Å². The molecule has 3 unspecified atom stereocenters. The fourth-order valence-electron chi connectivity index (χ4n) is 3.40. The molecule has 0 bridgehead atoms. The van der Waals surface area contributed by atoms with Gasteiger partial charge < -0.3 is 10.6 Å². The number of hydrogen-bond acceptors (Lipinski definition) is 4. The molecule has 18 heavy (non-hydrogen) atoms. The number of pyridine rings is 1. The highest BCUT2D eigenvalue weighted by molar-refractivity contribution is 5.57. The van der Waals surface area contributed by atoms with E-state index in [0.717, 1.165) is 30.9 Å². The van der Waals surface area contributed by atoms with Gasteiger partial charge in [0.25, 0.3) is 0 Å². The highest BCUT2D eigenvalue weighted by Gasteiger charge is 2.41. The first-order chi connectivity index (χ1) is 8.70. The maximum Gasteiger partial charge on any atom is 0.146 e. The van der Waals surface area contributed by atoms with Crippen molar-refractivity contribution in [3.8, 4) is 6.07 Å². The Hall–Kier alpha value is -1.60. The number of aromatic nitrogens is 1. The van der Waals surface area contributed by atoms with Gasteiger partial charge in [0.15, 0.2) is 0 Å². The number of nitrogens with zero attached hydrogens (tertiary/aromatic N) is 3. The molecule has 2 fully saturated rings. The van der Waals surface area contributed by atoms with E-state index in [1.165, 1.54) is 6.42 Å². The maximum absolute atomic E-state index is 9.27. The molecule has 3 atom stereocenters. The fraction of sp³-hybridized carbons (Fsp3) is 0.571. The van der Waals surface area contributed by atoms with Crippen LogP contribution in [0.5, 0.6) is 0 Å². The zero-order chi connectivity index (χ0) is 12.7. The lowest BCUT2D eigenvalue weighted by Crippen LogP contribution is -2.30. The molecule has 1 saturated heterocycles. The minimum atomic E-state index is 0.329. The van der Waals surface area contributed by atoms with Crippen LogP contribution in [0.3, 0.4) is 0 Å². The zero-order valence-corrected chi connectivity index (χ0v) is 10.6. The van der Waals surface area contributed by atoms with Crippen LogP contribution >= 0.6 is 0 Å². The van der Waals surface area contributed by atoms with Crippen LogP contribution in [0, 0.1) is 30.1 Å². The minimum absolute atomic E-state index is 0.329. The number of nitriles is 1. The molecule has 0 radical (unpaired) electrons. The Balaban J connectivity index is 1.90. The van der Waals surface area contributed by atoms with Crippen molar-refractivity contribution in [2.45, 2.75) is 25.8 Å². The van der Waals surface area contributed by atoms with E-state index in [1.807, 2.05) is 13.0 Å². The first kappa shape index (κ1) is 11.5. The van der Waals surface area contributed by atoms with Gasteiger partial charge in [-0.2, -0.15) is 5.26 Å². The van der Waals surface area contributed by atoms with Gasteiger partial charge >= 0.3 is 0 Å². The highest BCUT2D eigenvalue weighted by atomic mass is 15.2. The predicted molar refractivity (Wildman–Crippen MR) is 70.1 cm³/mol. The molecule has 4 heteroatoms. The topological polar surface area (TPSA) is 65.9 Å². The van der Waals surface area contributed by atoms with Gasteiger partial charge in [0.2, 0.25) is 0 Å². The largest absolute Gasteiger partial charge is 0.355 e. The maximum atomic E-state index is 9.27. The molecule has 1 aromatic rings. The average molecular weight is 242 g/mol. The van der Waals surface area contributed by atoms with Crippen molar-refractivity contribution in [1.82, 2.24) is 4.98 Å². The van der Waals surface area contributed by atoms with E-state index >= 15 is 0 Å². The van der Waals surface area contributed by atoms with Gasteiger partial charge in [-0.1, -0.05) is 0 Å². The lowest BCUT2D eigenvalue weighted by atomic mass is 9.98. The molecular formula is C14H18N4. The minimum Gasteiger partial charge on any atom is -0.355 e. The second-order valence-electron chi connectivity index (χ2n) is 5.51. The third-order valence-electron chi connectivity index (χ3n) is 4.46. The van der Waals surface area contributed by atoms with Gasteiger partial charge in [0.05, 0.1) is 5.56 Å². The Bertz CT molecular complexity index is 505. The fourth-order valence-corrected chi connectivity index (χ4v) is 3.40. The van der Waals surface area contributed by atoms with E-state index < -0.39 is 0 Å². The Morgan fingerprint density at radius 1 is 1.44 bits per heavy atom. The quantitative estimate of drug-likeness (QED) is 0.809. The number of anilines is 1. The summed E-state index contributed by atoms with van der Waals surface area (Å²) >= 11 is 0. The molecule has 4 nitrogen and oxygen atoms in total. The van der Waals surface area contributed by atoms with E-state index in [2.05, 4.69) is 16.0 Å². The summed E-state index contributed by atoms with van der Waals surface area (Å²) in [4.78, 5) is 6.66. The first-order valence-electron chi connectivity index (χ1n) is 6.57. The summed E-state index contributed by atoms with van der Waals surface area (Å²) in [7, 11) is 0. The SMILES string of the molecule is Cc1ccnc(N2CC3CCC(N)C3C2)c1C#N. The van der Waals surface area contributed by atoms with Crippen LogP contribution in [0.15, 0.2) is 12.3 Å². The molecule has 1 aromatic heterocycles. The van der Waals surface area contributed by atoms with Crippen LogP contribution in [-0.4, -0.2) is 24.1 Å². The molecule has 1 aliphatic heterocycles. The smallest absolute Gasteiger partial charge is 0.146 e. The van der Waals surface area contributed by atoms with Crippen LogP contribution in [0.1, 0.15) is 24.0 Å². The number of nitrogens with two attached hydrogens (primary N) is 1. The number of aryl methyl sites for hydroxylation is 1. The molecular weight excluding hydrogens is 224 g/mol. The van der Waals surface area contributed by atoms with Crippen molar-refractivity contribution in [2.75, 3.05) is 18.0 Å². The van der Waals surface area contributed by atoms with E-state index in [9.17, 15) is 5.26 Å². The molecule has 2 N–H and O–H groups in total. The van der Waals surface area contributed by atoms with Gasteiger partial charge in [0, 0.05) is 25.3 Å². The van der Waals surface area contributed by atoms with Crippen molar-refractivity contribution in [3.63, 3.8) is 0 Å². The summed E-state index contributed by atoms with van der Waals surface area (Å²) in [5, 5.41) is 9.27. The van der Waals surface area contributed by atoms with Crippen molar-refractivity contribution < 1.29 is 0 Å². The molecule has 2 aliphatic rings. The lowest BCUT2D eigenvalue weighted by molar-refractivity contribution is 0.453. The van der Waals surface area contributed by atoms with Gasteiger partial charge in [-0.05, 0) is 43.2 Å². The van der Waals surface area contributed by atoms with Crippen molar-refractivity contribution in [3.05, 3.63) is 23.4 Å². The second kappa shape index (κ2) is 4.25. The average Bonchev–Trinajstić information content (AvgIpc) is 2.92. The number of hydrogen-bond donors (Lipinski definition) is 1. The van der Waals surface area contributed by atoms with Gasteiger partial charge in [-0.3, -0.25) is 0 Å². The van der Waals surface area contributed by atoms with E-state index in [-0.39, 0.29) is 0 Å². The van der Waals surface area contributed by atoms with E-state index in [4.69, 9.17) is 5.73 Å². The zero-order valence-electron chi connectivity index (χ0n) is 10.6. The standard InChI is InChI=1S/C14H18N4/c1-9-4-5-17-14(11(9)6-15)18-7-10-2-3-13(16)12(10)8-18/h4-5,10,12-13H,2-3,7-8,16H2,1H3. The normalized spacial score (nSPS) is 30.3. The Labute approximate surface area is 107 Å². The van der Waals surface area contributed by atoms with Gasteiger partial charge in [-0.15, -0.1) is 0 Å². The Morgan fingerprint density at radius 3 is 3.00 bits per heavy atom. The first-order valence-corrected chi connectivity index (χ1v) is 6.57. The summed E-state index contributed by atoms with van der Waals surface area (Å²) in [6.45, 7) is 3.92. The van der Waals surface area contributed by atoms with Crippen molar-refractivity contribution in [2.24, 2.45) is 17.6 Å². The summed E-state index contributed by atoms with van der Waals surface area (Å²) < 4.78 is 0. The molecule has 0 aromatic carbocycles. The predicted octanol–water partition coefficient (Wildman–Crippen LogP) is 1.44. The Morgan fingerprint density at radius 2 is 2.28 bits per heavy atom. The summed E-state index contributed by atoms with van der Waals surface area (Å²) in [5.74, 6) is 2.12. The molecule has 3 rings (SSSR count). The van der Waals surface area contributed by atoms with E-state index in [1.54, 1.807) is 6.20 Å². The number of fused-ring (bicyclic) bond motifs is 1. The molecule has 1 saturated carbocycles. The van der Waals surface area contributed by atoms with Crippen LogP contribution in [0.2, 0.25) is 0 Å². The third-order valence-corrected chi connectivity index (χ3v) is 4.46. The molecule has 94 valence electrons. The summed E-state index contributed by atoms with van der Waals surface area (Å²) in [6, 6.07) is 4.50. The van der Waals surface area contributed by atoms with E-state index in [0.29, 0.717) is 23.4 Å². The van der Waals surface area contributed by atoms with Crippen molar-refractivity contribution >= 4 is 5.82 Å². The monoisotopic (exact) mass is 242 g/mol. The Kier molecular flexibility index (Phi) is 2.71. The van der Waals surface area contributed by atoms with Gasteiger partial charge in [0.1, 0.15) is 11.9 Å². The van der Waals surface area contributed by atoms with Crippen LogP contribution < -0.4 is 10.6 Å².